The van der Waals surface area contributed by atoms with Crippen molar-refractivity contribution in [3.05, 3.63) is 29.8 Å². The number of carbonyl (C=O) groups excluding carboxylic acids is 1. The minimum atomic E-state index is -3.50. The van der Waals surface area contributed by atoms with Crippen LogP contribution in [-0.4, -0.2) is 44.5 Å². The van der Waals surface area contributed by atoms with Gasteiger partial charge in [0, 0.05) is 18.4 Å². The Morgan fingerprint density at radius 1 is 1.29 bits per heavy atom. The maximum absolute atomic E-state index is 12.7. The summed E-state index contributed by atoms with van der Waals surface area (Å²) in [7, 11) is -3.50. The maximum atomic E-state index is 12.7. The van der Waals surface area contributed by atoms with Gasteiger partial charge in [-0.1, -0.05) is 18.2 Å². The Hall–Kier alpha value is -1.60. The Bertz CT molecular complexity index is 680. The van der Waals surface area contributed by atoms with E-state index in [-0.39, 0.29) is 12.6 Å². The molecule has 0 saturated carbocycles. The molecule has 1 saturated heterocycles. The number of rotatable bonds is 6. The number of nitrogens with one attached hydrogen (secondary N) is 2. The molecule has 2 rings (SSSR count). The SMILES string of the molecule is CC(C)Oc1ccccc1CNC(=O)C1(S(C)(=O)=O)CCNCC1. The average molecular weight is 354 g/mol. The van der Waals surface area contributed by atoms with Crippen LogP contribution < -0.4 is 15.4 Å². The van der Waals surface area contributed by atoms with Gasteiger partial charge in [-0.15, -0.1) is 0 Å². The number of hydrogen-bond acceptors (Lipinski definition) is 5. The third-order valence-corrected chi connectivity index (χ3v) is 6.32. The van der Waals surface area contributed by atoms with Crippen molar-refractivity contribution in [3.8, 4) is 5.75 Å². The third kappa shape index (κ3) is 4.08. The van der Waals surface area contributed by atoms with E-state index in [1.165, 1.54) is 0 Å². The van der Waals surface area contributed by atoms with Crippen molar-refractivity contribution in [1.82, 2.24) is 10.6 Å². The number of benzene rings is 1. The Kier molecular flexibility index (Phi) is 5.87. The molecule has 0 aromatic heterocycles. The van der Waals surface area contributed by atoms with Gasteiger partial charge >= 0.3 is 0 Å². The fourth-order valence-corrected chi connectivity index (χ4v) is 4.31. The van der Waals surface area contributed by atoms with E-state index in [1.54, 1.807) is 0 Å². The van der Waals surface area contributed by atoms with Gasteiger partial charge in [-0.2, -0.15) is 0 Å². The van der Waals surface area contributed by atoms with E-state index in [1.807, 2.05) is 38.1 Å². The second kappa shape index (κ2) is 7.53. The zero-order valence-corrected chi connectivity index (χ0v) is 15.3. The topological polar surface area (TPSA) is 84.5 Å². The molecule has 7 heteroatoms. The molecule has 1 aromatic carbocycles. The normalized spacial score (nSPS) is 17.5. The third-order valence-electron chi connectivity index (χ3n) is 4.31. The van der Waals surface area contributed by atoms with Crippen molar-refractivity contribution in [3.63, 3.8) is 0 Å². The minimum Gasteiger partial charge on any atom is -0.491 e. The Morgan fingerprint density at radius 3 is 2.50 bits per heavy atom. The van der Waals surface area contributed by atoms with Gasteiger partial charge in [0.05, 0.1) is 6.10 Å². The molecule has 1 aromatic rings. The van der Waals surface area contributed by atoms with Crippen molar-refractivity contribution in [1.29, 1.82) is 0 Å². The second-order valence-electron chi connectivity index (χ2n) is 6.47. The van der Waals surface area contributed by atoms with Crippen LogP contribution in [0.25, 0.3) is 0 Å². The van der Waals surface area contributed by atoms with Gasteiger partial charge in [0.1, 0.15) is 5.75 Å². The average Bonchev–Trinajstić information content (AvgIpc) is 2.53. The number of sulfone groups is 1. The lowest BCUT2D eigenvalue weighted by Gasteiger charge is -2.34. The molecular weight excluding hydrogens is 328 g/mol. The zero-order valence-electron chi connectivity index (χ0n) is 14.5. The Balaban J connectivity index is 2.15. The summed E-state index contributed by atoms with van der Waals surface area (Å²) in [6.07, 6.45) is 1.76. The van der Waals surface area contributed by atoms with Crippen molar-refractivity contribution < 1.29 is 17.9 Å². The van der Waals surface area contributed by atoms with Gasteiger partial charge in [-0.05, 0) is 45.8 Å². The standard InChI is InChI=1S/C17H26N2O4S/c1-13(2)23-15-7-5-4-6-14(15)12-19-16(20)17(24(3,21)22)8-10-18-11-9-17/h4-7,13,18H,8-12H2,1-3H3,(H,19,20). The van der Waals surface area contributed by atoms with Crippen LogP contribution in [0.3, 0.4) is 0 Å². The highest BCUT2D eigenvalue weighted by molar-refractivity contribution is 7.92. The molecule has 6 nitrogen and oxygen atoms in total. The summed E-state index contributed by atoms with van der Waals surface area (Å²) in [4.78, 5) is 12.7. The molecule has 1 heterocycles. The smallest absolute Gasteiger partial charge is 0.241 e. The number of piperidine rings is 1. The molecule has 134 valence electrons. The van der Waals surface area contributed by atoms with Gasteiger partial charge in [0.2, 0.25) is 5.91 Å². The first kappa shape index (κ1) is 18.7. The number of ether oxygens (including phenoxy) is 1. The molecule has 1 aliphatic rings. The second-order valence-corrected chi connectivity index (χ2v) is 8.80. The first-order chi connectivity index (χ1) is 11.3. The van der Waals surface area contributed by atoms with Crippen molar-refractivity contribution in [2.75, 3.05) is 19.3 Å². The lowest BCUT2D eigenvalue weighted by atomic mass is 9.95. The molecule has 2 N–H and O–H groups in total. The molecule has 0 aliphatic carbocycles. The Morgan fingerprint density at radius 2 is 1.92 bits per heavy atom. The van der Waals surface area contributed by atoms with E-state index in [0.29, 0.717) is 31.7 Å². The molecule has 0 radical (unpaired) electrons. The Labute approximate surface area is 143 Å². The lowest BCUT2D eigenvalue weighted by molar-refractivity contribution is -0.124. The number of para-hydroxylation sites is 1. The van der Waals surface area contributed by atoms with Crippen LogP contribution in [0.1, 0.15) is 32.3 Å². The summed E-state index contributed by atoms with van der Waals surface area (Å²) in [5, 5.41) is 5.91. The summed E-state index contributed by atoms with van der Waals surface area (Å²) >= 11 is 0. The van der Waals surface area contributed by atoms with E-state index in [9.17, 15) is 13.2 Å². The molecule has 1 amide bonds. The predicted octanol–water partition coefficient (Wildman–Crippen LogP) is 1.26. The van der Waals surface area contributed by atoms with E-state index in [2.05, 4.69) is 10.6 Å². The predicted molar refractivity (Wildman–Crippen MR) is 93.7 cm³/mol. The van der Waals surface area contributed by atoms with Crippen LogP contribution in [0.5, 0.6) is 5.75 Å². The highest BCUT2D eigenvalue weighted by atomic mass is 32.2. The fraction of sp³-hybridized carbons (Fsp3) is 0.588. The van der Waals surface area contributed by atoms with Crippen molar-refractivity contribution in [2.45, 2.75) is 44.1 Å². The van der Waals surface area contributed by atoms with Crippen LogP contribution in [0, 0.1) is 0 Å². The monoisotopic (exact) mass is 354 g/mol. The van der Waals surface area contributed by atoms with E-state index < -0.39 is 20.5 Å². The van der Waals surface area contributed by atoms with Gasteiger partial charge in [0.15, 0.2) is 14.6 Å². The number of amides is 1. The van der Waals surface area contributed by atoms with Crippen LogP contribution >= 0.6 is 0 Å². The highest BCUT2D eigenvalue weighted by Crippen LogP contribution is 2.28. The maximum Gasteiger partial charge on any atom is 0.241 e. The molecule has 0 spiro atoms. The summed E-state index contributed by atoms with van der Waals surface area (Å²) < 4.78 is 28.9. The van der Waals surface area contributed by atoms with Gasteiger partial charge in [0.25, 0.3) is 0 Å². The van der Waals surface area contributed by atoms with E-state index in [4.69, 9.17) is 4.74 Å². The molecular formula is C17H26N2O4S. The quantitative estimate of drug-likeness (QED) is 0.803. The lowest BCUT2D eigenvalue weighted by Crippen LogP contribution is -2.57. The molecule has 0 atom stereocenters. The van der Waals surface area contributed by atoms with Gasteiger partial charge in [-0.3, -0.25) is 4.79 Å². The summed E-state index contributed by atoms with van der Waals surface area (Å²) in [5.74, 6) is 0.275. The molecule has 0 unspecified atom stereocenters. The molecule has 1 aliphatic heterocycles. The fourth-order valence-electron chi connectivity index (χ4n) is 2.95. The minimum absolute atomic E-state index is 0.0219. The summed E-state index contributed by atoms with van der Waals surface area (Å²) in [6.45, 7) is 5.15. The summed E-state index contributed by atoms with van der Waals surface area (Å²) in [5.41, 5.74) is 0.831. The van der Waals surface area contributed by atoms with Crippen molar-refractivity contribution >= 4 is 15.7 Å². The zero-order chi connectivity index (χ0) is 17.8. The molecule has 0 bridgehead atoms. The van der Waals surface area contributed by atoms with Crippen LogP contribution in [0.2, 0.25) is 0 Å². The largest absolute Gasteiger partial charge is 0.491 e. The molecule has 24 heavy (non-hydrogen) atoms. The summed E-state index contributed by atoms with van der Waals surface area (Å²) in [6, 6.07) is 7.45. The van der Waals surface area contributed by atoms with Crippen LogP contribution in [0.15, 0.2) is 24.3 Å². The number of hydrogen-bond donors (Lipinski definition) is 2. The van der Waals surface area contributed by atoms with Crippen LogP contribution in [-0.2, 0) is 21.2 Å². The van der Waals surface area contributed by atoms with Crippen LogP contribution in [0.4, 0.5) is 0 Å². The van der Waals surface area contributed by atoms with E-state index >= 15 is 0 Å². The number of carbonyl (C=O) groups is 1. The highest BCUT2D eigenvalue weighted by Gasteiger charge is 2.48. The van der Waals surface area contributed by atoms with E-state index in [0.717, 1.165) is 11.8 Å². The first-order valence-electron chi connectivity index (χ1n) is 8.19. The molecule has 1 fully saturated rings. The van der Waals surface area contributed by atoms with Gasteiger partial charge < -0.3 is 15.4 Å². The van der Waals surface area contributed by atoms with Gasteiger partial charge in [-0.25, -0.2) is 8.42 Å². The van der Waals surface area contributed by atoms with Crippen molar-refractivity contribution in [2.24, 2.45) is 0 Å². The first-order valence-corrected chi connectivity index (χ1v) is 10.1.